The first-order valence-electron chi connectivity index (χ1n) is 9.00. The Labute approximate surface area is 162 Å². The molecule has 3 rings (SSSR count). The van der Waals surface area contributed by atoms with Gasteiger partial charge in [-0.3, -0.25) is 9.69 Å². The Kier molecular flexibility index (Phi) is 6.56. The zero-order valence-electron chi connectivity index (χ0n) is 16.0. The van der Waals surface area contributed by atoms with E-state index in [2.05, 4.69) is 25.7 Å². The summed E-state index contributed by atoms with van der Waals surface area (Å²) in [4.78, 5) is 32.3. The number of piperazine rings is 1. The minimum absolute atomic E-state index is 0.0235. The summed E-state index contributed by atoms with van der Waals surface area (Å²) in [5.74, 6) is 0.954. The van der Waals surface area contributed by atoms with Gasteiger partial charge in [0.1, 0.15) is 6.61 Å². The topological polar surface area (TPSA) is 113 Å². The van der Waals surface area contributed by atoms with Crippen molar-refractivity contribution in [3.8, 4) is 0 Å². The van der Waals surface area contributed by atoms with E-state index >= 15 is 0 Å². The molecule has 1 aliphatic rings. The number of hydrogen-bond donors (Lipinski definition) is 2. The molecule has 150 valence electrons. The van der Waals surface area contributed by atoms with Crippen LogP contribution in [0, 0.1) is 6.92 Å². The third kappa shape index (κ3) is 5.51. The van der Waals surface area contributed by atoms with Crippen molar-refractivity contribution >= 4 is 23.3 Å². The highest BCUT2D eigenvalue weighted by Gasteiger charge is 2.22. The van der Waals surface area contributed by atoms with Gasteiger partial charge >= 0.3 is 6.03 Å². The van der Waals surface area contributed by atoms with Crippen LogP contribution in [0.3, 0.4) is 0 Å². The van der Waals surface area contributed by atoms with E-state index in [-0.39, 0.29) is 18.5 Å². The van der Waals surface area contributed by atoms with Crippen LogP contribution in [0.15, 0.2) is 28.8 Å². The normalized spacial score (nSPS) is 14.7. The highest BCUT2D eigenvalue weighted by Crippen LogP contribution is 2.16. The number of hydrogen-bond acceptors (Lipinski definition) is 7. The summed E-state index contributed by atoms with van der Waals surface area (Å²) in [6, 6.07) is 6.83. The molecule has 1 fully saturated rings. The van der Waals surface area contributed by atoms with Crippen LogP contribution in [0.5, 0.6) is 0 Å². The van der Waals surface area contributed by atoms with Crippen LogP contribution in [0.2, 0.25) is 0 Å². The van der Waals surface area contributed by atoms with Gasteiger partial charge in [-0.2, -0.15) is 4.98 Å². The molecule has 0 saturated carbocycles. The van der Waals surface area contributed by atoms with Gasteiger partial charge in [0.25, 0.3) is 0 Å². The molecule has 0 bridgehead atoms. The number of aryl methyl sites for hydroxylation is 1. The number of nitrogens with one attached hydrogen (secondary N) is 2. The van der Waals surface area contributed by atoms with Gasteiger partial charge in [0.05, 0.1) is 6.54 Å². The Morgan fingerprint density at radius 3 is 2.54 bits per heavy atom. The van der Waals surface area contributed by atoms with Crippen LogP contribution < -0.4 is 10.6 Å². The second-order valence-electron chi connectivity index (χ2n) is 6.48. The maximum Gasteiger partial charge on any atom is 0.321 e. The molecule has 10 nitrogen and oxygen atoms in total. The molecule has 2 aromatic rings. The highest BCUT2D eigenvalue weighted by atomic mass is 16.5. The van der Waals surface area contributed by atoms with Crippen molar-refractivity contribution in [2.45, 2.75) is 13.5 Å². The molecule has 0 atom stereocenters. The number of methoxy groups -OCH3 is 1. The van der Waals surface area contributed by atoms with Crippen LogP contribution in [0.4, 0.5) is 16.2 Å². The molecule has 1 saturated heterocycles. The zero-order valence-corrected chi connectivity index (χ0v) is 16.0. The van der Waals surface area contributed by atoms with Crippen LogP contribution >= 0.6 is 0 Å². The number of nitrogens with zero attached hydrogens (tertiary/aromatic N) is 4. The number of carbonyl (C=O) groups is 2. The van der Waals surface area contributed by atoms with Gasteiger partial charge in [0, 0.05) is 51.6 Å². The summed E-state index contributed by atoms with van der Waals surface area (Å²) in [5, 5.41) is 9.48. The number of benzene rings is 1. The molecule has 1 aliphatic heterocycles. The Balaban J connectivity index is 1.48. The summed E-state index contributed by atoms with van der Waals surface area (Å²) in [6.07, 6.45) is 0. The molecule has 28 heavy (non-hydrogen) atoms. The monoisotopic (exact) mass is 388 g/mol. The van der Waals surface area contributed by atoms with Gasteiger partial charge in [0.15, 0.2) is 5.82 Å². The first-order valence-corrected chi connectivity index (χ1v) is 9.00. The van der Waals surface area contributed by atoms with E-state index < -0.39 is 0 Å². The third-order valence-corrected chi connectivity index (χ3v) is 4.27. The third-order valence-electron chi connectivity index (χ3n) is 4.27. The van der Waals surface area contributed by atoms with E-state index in [0.717, 1.165) is 13.1 Å². The molecule has 10 heteroatoms. The Morgan fingerprint density at radius 1 is 1.18 bits per heavy atom. The van der Waals surface area contributed by atoms with Crippen LogP contribution in [0.25, 0.3) is 0 Å². The fraction of sp³-hybridized carbons (Fsp3) is 0.444. The first kappa shape index (κ1) is 19.8. The summed E-state index contributed by atoms with van der Waals surface area (Å²) in [5.41, 5.74) is 1.21. The van der Waals surface area contributed by atoms with Crippen molar-refractivity contribution in [2.24, 2.45) is 0 Å². The summed E-state index contributed by atoms with van der Waals surface area (Å²) in [6.45, 7) is 5.01. The van der Waals surface area contributed by atoms with Gasteiger partial charge in [-0.1, -0.05) is 11.2 Å². The maximum absolute atomic E-state index is 12.5. The van der Waals surface area contributed by atoms with Crippen LogP contribution in [-0.4, -0.2) is 71.8 Å². The van der Waals surface area contributed by atoms with Gasteiger partial charge in [-0.25, -0.2) is 4.79 Å². The Hall–Kier alpha value is -2.98. The molecule has 2 heterocycles. The molecular formula is C18H24N6O4. The largest absolute Gasteiger partial charge is 0.375 e. The van der Waals surface area contributed by atoms with Crippen molar-refractivity contribution < 1.29 is 18.8 Å². The first-order chi connectivity index (χ1) is 13.5. The zero-order chi connectivity index (χ0) is 19.9. The molecule has 0 aliphatic carbocycles. The summed E-state index contributed by atoms with van der Waals surface area (Å²) in [7, 11) is 1.46. The highest BCUT2D eigenvalue weighted by molar-refractivity contribution is 5.94. The lowest BCUT2D eigenvalue weighted by atomic mass is 10.2. The smallest absolute Gasteiger partial charge is 0.321 e. The predicted molar refractivity (Wildman–Crippen MR) is 102 cm³/mol. The summed E-state index contributed by atoms with van der Waals surface area (Å²) >= 11 is 0. The van der Waals surface area contributed by atoms with Crippen molar-refractivity contribution in [3.63, 3.8) is 0 Å². The minimum atomic E-state index is -0.251. The van der Waals surface area contributed by atoms with E-state index in [1.165, 1.54) is 7.11 Å². The Morgan fingerprint density at radius 2 is 1.89 bits per heavy atom. The van der Waals surface area contributed by atoms with E-state index in [9.17, 15) is 9.59 Å². The second-order valence-corrected chi connectivity index (χ2v) is 6.48. The van der Waals surface area contributed by atoms with E-state index in [4.69, 9.17) is 9.26 Å². The maximum atomic E-state index is 12.5. The molecular weight excluding hydrogens is 364 g/mol. The van der Waals surface area contributed by atoms with Gasteiger partial charge in [-0.15, -0.1) is 0 Å². The number of aromatic nitrogens is 2. The lowest BCUT2D eigenvalue weighted by molar-refractivity contribution is -0.119. The number of rotatable bonds is 6. The SMILES string of the molecule is COCC(=O)Nc1cccc(NC(=O)N2CCN(Cc3noc(C)n3)CC2)c1. The van der Waals surface area contributed by atoms with Gasteiger partial charge < -0.3 is 24.8 Å². The number of urea groups is 1. The Bertz CT molecular complexity index is 816. The molecule has 0 unspecified atom stereocenters. The van der Waals surface area contributed by atoms with E-state index in [1.54, 1.807) is 36.1 Å². The van der Waals surface area contributed by atoms with Crippen molar-refractivity contribution in [3.05, 3.63) is 36.0 Å². The molecule has 1 aromatic heterocycles. The average molecular weight is 388 g/mol. The van der Waals surface area contributed by atoms with Crippen molar-refractivity contribution in [1.29, 1.82) is 0 Å². The number of ether oxygens (including phenoxy) is 1. The summed E-state index contributed by atoms with van der Waals surface area (Å²) < 4.78 is 9.78. The number of anilines is 2. The molecule has 1 aromatic carbocycles. The minimum Gasteiger partial charge on any atom is -0.375 e. The van der Waals surface area contributed by atoms with Crippen molar-refractivity contribution in [1.82, 2.24) is 19.9 Å². The van der Waals surface area contributed by atoms with Gasteiger partial charge in [0.2, 0.25) is 11.8 Å². The molecule has 0 radical (unpaired) electrons. The van der Waals surface area contributed by atoms with Gasteiger partial charge in [-0.05, 0) is 18.2 Å². The predicted octanol–water partition coefficient (Wildman–Crippen LogP) is 1.31. The van der Waals surface area contributed by atoms with Crippen LogP contribution in [0.1, 0.15) is 11.7 Å². The fourth-order valence-corrected chi connectivity index (χ4v) is 2.92. The average Bonchev–Trinajstić information content (AvgIpc) is 3.07. The quantitative estimate of drug-likeness (QED) is 0.767. The van der Waals surface area contributed by atoms with E-state index in [1.807, 2.05) is 0 Å². The van der Waals surface area contributed by atoms with E-state index in [0.29, 0.717) is 42.7 Å². The lowest BCUT2D eigenvalue weighted by Crippen LogP contribution is -2.49. The number of amides is 3. The standard InChI is InChI=1S/C18H24N6O4/c1-13-19-16(22-28-13)11-23-6-8-24(9-7-23)18(26)21-15-5-3-4-14(10-15)20-17(25)12-27-2/h3-5,10H,6-9,11-12H2,1-2H3,(H,20,25)(H,21,26). The molecule has 0 spiro atoms. The lowest BCUT2D eigenvalue weighted by Gasteiger charge is -2.34. The van der Waals surface area contributed by atoms with Crippen molar-refractivity contribution in [2.75, 3.05) is 50.5 Å². The van der Waals surface area contributed by atoms with Crippen LogP contribution in [-0.2, 0) is 16.1 Å². The molecule has 3 amide bonds. The fourth-order valence-electron chi connectivity index (χ4n) is 2.92. The molecule has 2 N–H and O–H groups in total. The second kappa shape index (κ2) is 9.29. The number of carbonyl (C=O) groups excluding carboxylic acids is 2.